The van der Waals surface area contributed by atoms with E-state index in [0.29, 0.717) is 11.5 Å². The van der Waals surface area contributed by atoms with Crippen molar-refractivity contribution < 1.29 is 13.2 Å². The first-order valence-electron chi connectivity index (χ1n) is 5.41. The summed E-state index contributed by atoms with van der Waals surface area (Å²) in [4.78, 5) is 0.400. The number of rotatable bonds is 1. The van der Waals surface area contributed by atoms with Crippen molar-refractivity contribution in [3.05, 3.63) is 54.6 Å². The summed E-state index contributed by atoms with van der Waals surface area (Å²) >= 11 is 0. The number of sulfone groups is 1. The molecule has 0 unspecified atom stereocenters. The fourth-order valence-electron chi connectivity index (χ4n) is 1.94. The highest BCUT2D eigenvalue weighted by molar-refractivity contribution is 7.91. The summed E-state index contributed by atoms with van der Waals surface area (Å²) < 4.78 is 30.5. The van der Waals surface area contributed by atoms with Gasteiger partial charge in [0.1, 0.15) is 21.3 Å². The standard InChI is InChI=1S/C14H10O3S/c1-2-10-7-8-12-14(9-10)18(15,16)13-6-4-3-5-11(13)17-12/h2-9H,1H2. The van der Waals surface area contributed by atoms with E-state index in [1.807, 2.05) is 0 Å². The Morgan fingerprint density at radius 2 is 1.72 bits per heavy atom. The van der Waals surface area contributed by atoms with Crippen LogP contribution in [0.3, 0.4) is 0 Å². The SMILES string of the molecule is C=Cc1ccc2c(c1)S(=O)(=O)c1ccccc1O2. The van der Waals surface area contributed by atoms with Crippen molar-refractivity contribution in [2.45, 2.75) is 9.79 Å². The van der Waals surface area contributed by atoms with Gasteiger partial charge >= 0.3 is 0 Å². The van der Waals surface area contributed by atoms with Gasteiger partial charge in [-0.05, 0) is 29.8 Å². The van der Waals surface area contributed by atoms with E-state index in [9.17, 15) is 8.42 Å². The predicted octanol–water partition coefficient (Wildman–Crippen LogP) is 3.27. The molecule has 3 rings (SSSR count). The molecule has 0 saturated carbocycles. The van der Waals surface area contributed by atoms with E-state index in [1.54, 1.807) is 48.5 Å². The molecule has 0 saturated heterocycles. The van der Waals surface area contributed by atoms with Crippen LogP contribution in [0.15, 0.2) is 58.8 Å². The van der Waals surface area contributed by atoms with Crippen LogP contribution < -0.4 is 4.74 Å². The van der Waals surface area contributed by atoms with Gasteiger partial charge < -0.3 is 4.74 Å². The molecular weight excluding hydrogens is 248 g/mol. The van der Waals surface area contributed by atoms with E-state index in [4.69, 9.17) is 4.74 Å². The predicted molar refractivity (Wildman–Crippen MR) is 68.5 cm³/mol. The third-order valence-electron chi connectivity index (χ3n) is 2.85. The lowest BCUT2D eigenvalue weighted by Crippen LogP contribution is -2.10. The minimum absolute atomic E-state index is 0.193. The zero-order chi connectivity index (χ0) is 12.8. The van der Waals surface area contributed by atoms with Gasteiger partial charge in [0.25, 0.3) is 0 Å². The molecule has 0 spiro atoms. The highest BCUT2D eigenvalue weighted by atomic mass is 32.2. The van der Waals surface area contributed by atoms with Gasteiger partial charge in [-0.1, -0.05) is 30.9 Å². The Hall–Kier alpha value is -2.07. The summed E-state index contributed by atoms with van der Waals surface area (Å²) in [5.41, 5.74) is 0.750. The molecule has 1 aliphatic rings. The molecule has 0 aromatic heterocycles. The van der Waals surface area contributed by atoms with Crippen molar-refractivity contribution in [2.24, 2.45) is 0 Å². The van der Waals surface area contributed by atoms with Crippen molar-refractivity contribution in [1.29, 1.82) is 0 Å². The molecule has 1 aliphatic heterocycles. The first-order valence-corrected chi connectivity index (χ1v) is 6.90. The van der Waals surface area contributed by atoms with Crippen LogP contribution in [0, 0.1) is 0 Å². The summed E-state index contributed by atoms with van der Waals surface area (Å²) in [6.07, 6.45) is 1.61. The lowest BCUT2D eigenvalue weighted by Gasteiger charge is -2.20. The van der Waals surface area contributed by atoms with Crippen molar-refractivity contribution in [3.8, 4) is 11.5 Å². The number of para-hydroxylation sites is 1. The third kappa shape index (κ3) is 1.46. The summed E-state index contributed by atoms with van der Waals surface area (Å²) in [5.74, 6) is 0.732. The second-order valence-corrected chi connectivity index (χ2v) is 5.85. The van der Waals surface area contributed by atoms with Gasteiger partial charge in [-0.15, -0.1) is 0 Å². The fourth-order valence-corrected chi connectivity index (χ4v) is 3.47. The Labute approximate surface area is 105 Å². The highest BCUT2D eigenvalue weighted by Gasteiger charge is 2.30. The van der Waals surface area contributed by atoms with Crippen LogP contribution in [0.4, 0.5) is 0 Å². The number of ether oxygens (including phenoxy) is 1. The van der Waals surface area contributed by atoms with Gasteiger partial charge in [-0.25, -0.2) is 8.42 Å². The van der Waals surface area contributed by atoms with E-state index in [0.717, 1.165) is 5.56 Å². The Balaban J connectivity index is 2.32. The topological polar surface area (TPSA) is 43.4 Å². The largest absolute Gasteiger partial charge is 0.455 e. The molecule has 90 valence electrons. The van der Waals surface area contributed by atoms with Crippen LogP contribution in [-0.4, -0.2) is 8.42 Å². The van der Waals surface area contributed by atoms with Crippen molar-refractivity contribution >= 4 is 15.9 Å². The molecule has 0 amide bonds. The Kier molecular flexibility index (Phi) is 2.28. The lowest BCUT2D eigenvalue weighted by atomic mass is 10.2. The summed E-state index contributed by atoms with van der Waals surface area (Å²) in [6.45, 7) is 3.64. The average molecular weight is 258 g/mol. The summed E-state index contributed by atoms with van der Waals surface area (Å²) in [6, 6.07) is 11.6. The smallest absolute Gasteiger partial charge is 0.213 e. The summed E-state index contributed by atoms with van der Waals surface area (Å²) in [5, 5.41) is 0. The van der Waals surface area contributed by atoms with Crippen LogP contribution in [0.2, 0.25) is 0 Å². The van der Waals surface area contributed by atoms with Crippen LogP contribution in [0.1, 0.15) is 5.56 Å². The van der Waals surface area contributed by atoms with E-state index < -0.39 is 9.84 Å². The summed E-state index contributed by atoms with van der Waals surface area (Å²) in [7, 11) is -3.51. The molecule has 0 atom stereocenters. The van der Waals surface area contributed by atoms with Crippen molar-refractivity contribution in [2.75, 3.05) is 0 Å². The van der Waals surface area contributed by atoms with Gasteiger partial charge in [0.2, 0.25) is 9.84 Å². The first kappa shape index (κ1) is 11.0. The van der Waals surface area contributed by atoms with Gasteiger partial charge in [0, 0.05) is 0 Å². The van der Waals surface area contributed by atoms with Crippen LogP contribution in [-0.2, 0) is 9.84 Å². The molecule has 0 fully saturated rings. The number of fused-ring (bicyclic) bond motifs is 2. The van der Waals surface area contributed by atoms with E-state index in [1.165, 1.54) is 0 Å². The molecule has 0 N–H and O–H groups in total. The van der Waals surface area contributed by atoms with Crippen molar-refractivity contribution in [3.63, 3.8) is 0 Å². The maximum Gasteiger partial charge on any atom is 0.213 e. The quantitative estimate of drug-likeness (QED) is 0.672. The first-order chi connectivity index (χ1) is 8.63. The molecule has 2 aromatic rings. The molecule has 0 aliphatic carbocycles. The number of hydrogen-bond acceptors (Lipinski definition) is 3. The second kappa shape index (κ2) is 3.71. The molecule has 1 heterocycles. The molecule has 3 nitrogen and oxygen atoms in total. The Bertz CT molecular complexity index is 745. The van der Waals surface area contributed by atoms with Crippen LogP contribution >= 0.6 is 0 Å². The van der Waals surface area contributed by atoms with Crippen LogP contribution in [0.25, 0.3) is 6.08 Å². The van der Waals surface area contributed by atoms with Gasteiger partial charge in [0.05, 0.1) is 0 Å². The third-order valence-corrected chi connectivity index (χ3v) is 4.67. The number of hydrogen-bond donors (Lipinski definition) is 0. The second-order valence-electron chi connectivity index (χ2n) is 3.96. The maximum atomic E-state index is 12.4. The minimum atomic E-state index is -3.51. The zero-order valence-electron chi connectivity index (χ0n) is 9.46. The maximum absolute atomic E-state index is 12.4. The fraction of sp³-hybridized carbons (Fsp3) is 0. The Morgan fingerprint density at radius 1 is 1.00 bits per heavy atom. The van der Waals surface area contributed by atoms with Crippen LogP contribution in [0.5, 0.6) is 11.5 Å². The molecule has 2 aromatic carbocycles. The van der Waals surface area contributed by atoms with E-state index in [2.05, 4.69) is 6.58 Å². The van der Waals surface area contributed by atoms with Crippen molar-refractivity contribution in [1.82, 2.24) is 0 Å². The Morgan fingerprint density at radius 3 is 2.50 bits per heavy atom. The number of benzene rings is 2. The highest BCUT2D eigenvalue weighted by Crippen LogP contribution is 2.42. The zero-order valence-corrected chi connectivity index (χ0v) is 10.3. The monoisotopic (exact) mass is 258 g/mol. The van der Waals surface area contributed by atoms with E-state index in [-0.39, 0.29) is 9.79 Å². The van der Waals surface area contributed by atoms with Gasteiger partial charge in [-0.2, -0.15) is 0 Å². The molecular formula is C14H10O3S. The molecule has 0 radical (unpaired) electrons. The minimum Gasteiger partial charge on any atom is -0.455 e. The molecule has 18 heavy (non-hydrogen) atoms. The van der Waals surface area contributed by atoms with E-state index >= 15 is 0 Å². The molecule has 0 bridgehead atoms. The lowest BCUT2D eigenvalue weighted by molar-refractivity contribution is 0.443. The average Bonchev–Trinajstić information content (AvgIpc) is 2.39. The van der Waals surface area contributed by atoms with Gasteiger partial charge in [-0.3, -0.25) is 0 Å². The van der Waals surface area contributed by atoms with Gasteiger partial charge in [0.15, 0.2) is 0 Å². The normalized spacial score (nSPS) is 15.1. The molecule has 4 heteroatoms.